The average Bonchev–Trinajstić information content (AvgIpc) is 2.91. The van der Waals surface area contributed by atoms with Crippen LogP contribution in [0.3, 0.4) is 0 Å². The van der Waals surface area contributed by atoms with Crippen LogP contribution in [0.15, 0.2) is 24.3 Å². The smallest absolute Gasteiger partial charge is 0.0108 e. The topological polar surface area (TPSA) is 26.0 Å². The van der Waals surface area contributed by atoms with Crippen LogP contribution in [-0.2, 0) is 6.42 Å². The molecule has 0 saturated heterocycles. The number of benzene rings is 1. The Morgan fingerprint density at radius 3 is 2.69 bits per heavy atom. The molecule has 13 heavy (non-hydrogen) atoms. The maximum atomic E-state index is 6.08. The number of rotatable bonds is 3. The first kappa shape index (κ1) is 8.76. The lowest BCUT2D eigenvalue weighted by Crippen LogP contribution is -2.25. The van der Waals surface area contributed by atoms with Gasteiger partial charge < -0.3 is 5.73 Å². The van der Waals surface area contributed by atoms with Crippen molar-refractivity contribution in [3.05, 3.63) is 35.4 Å². The summed E-state index contributed by atoms with van der Waals surface area (Å²) in [6.07, 6.45) is 3.73. The van der Waals surface area contributed by atoms with E-state index in [4.69, 9.17) is 5.73 Å². The molecule has 0 unspecified atom stereocenters. The highest BCUT2D eigenvalue weighted by atomic mass is 14.7. The highest BCUT2D eigenvalue weighted by molar-refractivity contribution is 5.26. The van der Waals surface area contributed by atoms with Crippen molar-refractivity contribution in [3.63, 3.8) is 0 Å². The summed E-state index contributed by atoms with van der Waals surface area (Å²) in [5.74, 6) is 0.805. The van der Waals surface area contributed by atoms with Gasteiger partial charge in [0.25, 0.3) is 0 Å². The molecule has 0 bridgehead atoms. The minimum absolute atomic E-state index is 0.390. The van der Waals surface area contributed by atoms with Crippen molar-refractivity contribution in [2.45, 2.75) is 32.2 Å². The molecule has 1 saturated carbocycles. The summed E-state index contributed by atoms with van der Waals surface area (Å²) in [5, 5.41) is 0. The van der Waals surface area contributed by atoms with Gasteiger partial charge in [-0.3, -0.25) is 0 Å². The Bertz CT molecular complexity index is 289. The maximum Gasteiger partial charge on any atom is 0.0108 e. The van der Waals surface area contributed by atoms with E-state index in [-0.39, 0.29) is 0 Å². The molecule has 2 N–H and O–H groups in total. The number of aryl methyl sites for hydroxylation is 1. The summed E-state index contributed by atoms with van der Waals surface area (Å²) in [4.78, 5) is 0. The third-order valence-electron chi connectivity index (χ3n) is 2.94. The predicted octanol–water partition coefficient (Wildman–Crippen LogP) is 2.27. The first-order valence-corrected chi connectivity index (χ1v) is 5.07. The molecule has 1 fully saturated rings. The highest BCUT2D eigenvalue weighted by Gasteiger charge is 2.28. The second kappa shape index (κ2) is 3.51. The quantitative estimate of drug-likeness (QED) is 0.749. The Morgan fingerprint density at radius 2 is 2.08 bits per heavy atom. The van der Waals surface area contributed by atoms with Crippen LogP contribution >= 0.6 is 0 Å². The predicted molar refractivity (Wildman–Crippen MR) is 55.6 cm³/mol. The van der Waals surface area contributed by atoms with Crippen LogP contribution in [0.4, 0.5) is 0 Å². The van der Waals surface area contributed by atoms with Gasteiger partial charge in [0, 0.05) is 6.04 Å². The van der Waals surface area contributed by atoms with Crippen molar-refractivity contribution >= 4 is 0 Å². The van der Waals surface area contributed by atoms with Gasteiger partial charge in [0.1, 0.15) is 0 Å². The Morgan fingerprint density at radius 1 is 1.38 bits per heavy atom. The molecular weight excluding hydrogens is 158 g/mol. The summed E-state index contributed by atoms with van der Waals surface area (Å²) in [6.45, 7) is 2.16. The molecular formula is C12H17N. The van der Waals surface area contributed by atoms with Crippen LogP contribution in [0.1, 0.15) is 24.0 Å². The van der Waals surface area contributed by atoms with E-state index in [0.717, 1.165) is 12.3 Å². The zero-order chi connectivity index (χ0) is 9.26. The fourth-order valence-electron chi connectivity index (χ4n) is 1.78. The zero-order valence-corrected chi connectivity index (χ0v) is 8.16. The number of hydrogen-bond donors (Lipinski definition) is 1. The van der Waals surface area contributed by atoms with E-state index in [1.165, 1.54) is 24.0 Å². The molecule has 0 heterocycles. The zero-order valence-electron chi connectivity index (χ0n) is 8.16. The molecule has 1 nitrogen and oxygen atoms in total. The van der Waals surface area contributed by atoms with Gasteiger partial charge in [-0.05, 0) is 43.2 Å². The van der Waals surface area contributed by atoms with Gasteiger partial charge in [0.2, 0.25) is 0 Å². The van der Waals surface area contributed by atoms with E-state index < -0.39 is 0 Å². The van der Waals surface area contributed by atoms with Crippen LogP contribution in [-0.4, -0.2) is 6.04 Å². The Labute approximate surface area is 80.0 Å². The minimum Gasteiger partial charge on any atom is -0.327 e. The summed E-state index contributed by atoms with van der Waals surface area (Å²) in [5.41, 5.74) is 8.87. The first-order chi connectivity index (χ1) is 6.27. The largest absolute Gasteiger partial charge is 0.327 e. The molecule has 1 atom stereocenters. The Kier molecular flexibility index (Phi) is 2.36. The minimum atomic E-state index is 0.390. The Balaban J connectivity index is 2.03. The summed E-state index contributed by atoms with van der Waals surface area (Å²) >= 11 is 0. The van der Waals surface area contributed by atoms with Gasteiger partial charge >= 0.3 is 0 Å². The monoisotopic (exact) mass is 175 g/mol. The third-order valence-corrected chi connectivity index (χ3v) is 2.94. The molecule has 0 amide bonds. The lowest BCUT2D eigenvalue weighted by molar-refractivity contribution is 0.590. The van der Waals surface area contributed by atoms with E-state index in [0.29, 0.717) is 6.04 Å². The molecule has 70 valence electrons. The van der Waals surface area contributed by atoms with Crippen LogP contribution in [0.5, 0.6) is 0 Å². The Hall–Kier alpha value is -0.820. The molecule has 1 heteroatoms. The molecule has 1 aromatic rings. The van der Waals surface area contributed by atoms with Gasteiger partial charge in [-0.2, -0.15) is 0 Å². The van der Waals surface area contributed by atoms with E-state index >= 15 is 0 Å². The third kappa shape index (κ3) is 2.10. The van der Waals surface area contributed by atoms with Crippen molar-refractivity contribution in [2.24, 2.45) is 11.7 Å². The maximum absolute atomic E-state index is 6.08. The normalized spacial score (nSPS) is 18.6. The molecule has 0 aromatic heterocycles. The van der Waals surface area contributed by atoms with Crippen molar-refractivity contribution in [2.75, 3.05) is 0 Å². The van der Waals surface area contributed by atoms with E-state index in [2.05, 4.69) is 31.2 Å². The van der Waals surface area contributed by atoms with E-state index in [1.54, 1.807) is 0 Å². The number of hydrogen-bond acceptors (Lipinski definition) is 1. The first-order valence-electron chi connectivity index (χ1n) is 5.07. The second-order valence-electron chi connectivity index (χ2n) is 4.13. The fourth-order valence-corrected chi connectivity index (χ4v) is 1.78. The lowest BCUT2D eigenvalue weighted by Gasteiger charge is -2.11. The van der Waals surface area contributed by atoms with Crippen molar-refractivity contribution in [1.82, 2.24) is 0 Å². The van der Waals surface area contributed by atoms with Crippen molar-refractivity contribution in [1.29, 1.82) is 0 Å². The molecule has 2 rings (SSSR count). The van der Waals surface area contributed by atoms with Gasteiger partial charge in [-0.15, -0.1) is 0 Å². The van der Waals surface area contributed by atoms with Gasteiger partial charge in [-0.25, -0.2) is 0 Å². The van der Waals surface area contributed by atoms with Crippen molar-refractivity contribution < 1.29 is 0 Å². The van der Waals surface area contributed by atoms with Crippen LogP contribution < -0.4 is 5.73 Å². The van der Waals surface area contributed by atoms with Crippen LogP contribution in [0.2, 0.25) is 0 Å². The van der Waals surface area contributed by atoms with Crippen LogP contribution in [0.25, 0.3) is 0 Å². The van der Waals surface area contributed by atoms with Gasteiger partial charge in [0.05, 0.1) is 0 Å². The van der Waals surface area contributed by atoms with E-state index in [9.17, 15) is 0 Å². The molecule has 1 aromatic carbocycles. The van der Waals surface area contributed by atoms with Crippen LogP contribution in [0, 0.1) is 12.8 Å². The molecule has 1 aliphatic rings. The molecule has 0 radical (unpaired) electrons. The second-order valence-corrected chi connectivity index (χ2v) is 4.13. The molecule has 0 aliphatic heterocycles. The fraction of sp³-hybridized carbons (Fsp3) is 0.500. The van der Waals surface area contributed by atoms with Crippen molar-refractivity contribution in [3.8, 4) is 0 Å². The summed E-state index contributed by atoms with van der Waals surface area (Å²) < 4.78 is 0. The van der Waals surface area contributed by atoms with E-state index in [1.807, 2.05) is 0 Å². The average molecular weight is 175 g/mol. The SMILES string of the molecule is Cc1ccccc1C[C@@H](N)C1CC1. The standard InChI is InChI=1S/C12H17N/c1-9-4-2-3-5-11(9)8-12(13)10-6-7-10/h2-5,10,12H,6-8,13H2,1H3/t12-/m1/s1. The van der Waals surface area contributed by atoms with Gasteiger partial charge in [-0.1, -0.05) is 24.3 Å². The lowest BCUT2D eigenvalue weighted by atomic mass is 9.99. The van der Waals surface area contributed by atoms with Gasteiger partial charge in [0.15, 0.2) is 0 Å². The number of nitrogens with two attached hydrogens (primary N) is 1. The summed E-state index contributed by atoms with van der Waals surface area (Å²) in [6, 6.07) is 8.93. The highest BCUT2D eigenvalue weighted by Crippen LogP contribution is 2.33. The molecule has 1 aliphatic carbocycles. The summed E-state index contributed by atoms with van der Waals surface area (Å²) in [7, 11) is 0. The molecule has 0 spiro atoms.